The molecule has 14 heteroatoms. The number of alkyl halides is 6. The second-order valence-corrected chi connectivity index (χ2v) is 15.5. The average molecular weight is 743 g/mol. The summed E-state index contributed by atoms with van der Waals surface area (Å²) in [5.74, 6) is 0. The van der Waals surface area contributed by atoms with Crippen molar-refractivity contribution in [2.45, 2.75) is 70.1 Å². The second-order valence-electron chi connectivity index (χ2n) is 11.3. The van der Waals surface area contributed by atoms with Crippen molar-refractivity contribution in [2.24, 2.45) is 0 Å². The number of unbranched alkanes of at least 4 members (excludes halogenated alkanes) is 2. The Hall–Kier alpha value is -4.18. The summed E-state index contributed by atoms with van der Waals surface area (Å²) in [5, 5.41) is 36.8. The first kappa shape index (κ1) is 36.1. The lowest BCUT2D eigenvalue weighted by atomic mass is 9.71. The SMILES string of the molecule is CCCCC1(CCCC)c2cc(-c3ccc(C(=C(C#N)C#N)C(F)(F)F)s3)sc2-c2sc(-c3ccc(C(=C(C#N)C#N)C(F)(F)F)s3)cc21. The molecule has 0 saturated carbocycles. The molecule has 4 nitrogen and oxygen atoms in total. The van der Waals surface area contributed by atoms with Crippen LogP contribution in [0.2, 0.25) is 0 Å². The molecular formula is C35H24F6N4S4. The van der Waals surface area contributed by atoms with E-state index in [1.54, 1.807) is 12.1 Å². The number of rotatable bonds is 10. The zero-order valence-corrected chi connectivity index (χ0v) is 29.2. The van der Waals surface area contributed by atoms with Crippen LogP contribution in [-0.4, -0.2) is 12.4 Å². The first-order valence-electron chi connectivity index (χ1n) is 15.0. The monoisotopic (exact) mass is 742 g/mol. The van der Waals surface area contributed by atoms with Gasteiger partial charge in [0.1, 0.15) is 46.6 Å². The number of allylic oxidation sites excluding steroid dienone is 4. The molecule has 4 aromatic heterocycles. The Kier molecular flexibility index (Phi) is 10.3. The summed E-state index contributed by atoms with van der Waals surface area (Å²) >= 11 is 4.60. The summed E-state index contributed by atoms with van der Waals surface area (Å²) in [6.45, 7) is 4.18. The van der Waals surface area contributed by atoms with Crippen LogP contribution in [0.3, 0.4) is 0 Å². The van der Waals surface area contributed by atoms with Crippen LogP contribution in [-0.2, 0) is 5.41 Å². The van der Waals surface area contributed by atoms with Crippen molar-refractivity contribution in [1.82, 2.24) is 0 Å². The van der Waals surface area contributed by atoms with Gasteiger partial charge in [0.25, 0.3) is 0 Å². The van der Waals surface area contributed by atoms with Crippen molar-refractivity contribution in [3.63, 3.8) is 0 Å². The summed E-state index contributed by atoms with van der Waals surface area (Å²) in [4.78, 5) is 4.09. The van der Waals surface area contributed by atoms with E-state index in [0.29, 0.717) is 9.75 Å². The van der Waals surface area contributed by atoms with Crippen LogP contribution in [0.15, 0.2) is 47.5 Å². The molecule has 0 bridgehead atoms. The van der Waals surface area contributed by atoms with E-state index >= 15 is 0 Å². The van der Waals surface area contributed by atoms with Gasteiger partial charge in [-0.05, 0) is 60.4 Å². The molecule has 0 radical (unpaired) electrons. The van der Waals surface area contributed by atoms with Gasteiger partial charge in [-0.3, -0.25) is 0 Å². The van der Waals surface area contributed by atoms with Crippen molar-refractivity contribution in [3.8, 4) is 53.5 Å². The normalized spacial score (nSPS) is 13.1. The lowest BCUT2D eigenvalue weighted by Crippen LogP contribution is -2.24. The van der Waals surface area contributed by atoms with Gasteiger partial charge < -0.3 is 0 Å². The molecule has 0 spiro atoms. The van der Waals surface area contributed by atoms with Crippen LogP contribution in [0.4, 0.5) is 26.3 Å². The van der Waals surface area contributed by atoms with Gasteiger partial charge in [0.2, 0.25) is 0 Å². The average Bonchev–Trinajstić information content (AvgIpc) is 3.88. The molecule has 0 unspecified atom stereocenters. The molecule has 0 amide bonds. The molecular weight excluding hydrogens is 719 g/mol. The minimum absolute atomic E-state index is 0.229. The van der Waals surface area contributed by atoms with Gasteiger partial charge in [-0.2, -0.15) is 47.4 Å². The maximum absolute atomic E-state index is 14.0. The van der Waals surface area contributed by atoms with Crippen LogP contribution in [0.25, 0.3) is 40.4 Å². The number of thiophene rings is 4. The molecule has 0 fully saturated rings. The number of hydrogen-bond acceptors (Lipinski definition) is 8. The third-order valence-corrected chi connectivity index (χ3v) is 13.4. The van der Waals surface area contributed by atoms with Crippen LogP contribution in [0.5, 0.6) is 0 Å². The van der Waals surface area contributed by atoms with E-state index in [1.165, 1.54) is 59.1 Å². The topological polar surface area (TPSA) is 95.2 Å². The molecule has 0 aliphatic heterocycles. The summed E-state index contributed by atoms with van der Waals surface area (Å²) in [7, 11) is 0. The lowest BCUT2D eigenvalue weighted by molar-refractivity contribution is -0.0698. The highest BCUT2D eigenvalue weighted by Crippen LogP contribution is 2.62. The minimum Gasteiger partial charge on any atom is -0.192 e. The van der Waals surface area contributed by atoms with Gasteiger partial charge in [-0.15, -0.1) is 45.3 Å². The van der Waals surface area contributed by atoms with Crippen molar-refractivity contribution in [2.75, 3.05) is 0 Å². The van der Waals surface area contributed by atoms with E-state index < -0.39 is 40.1 Å². The van der Waals surface area contributed by atoms with E-state index in [-0.39, 0.29) is 9.75 Å². The molecule has 0 N–H and O–H groups in total. The molecule has 250 valence electrons. The Morgan fingerprint density at radius 2 is 0.959 bits per heavy atom. The van der Waals surface area contributed by atoms with E-state index in [2.05, 4.69) is 13.8 Å². The molecule has 0 aromatic carbocycles. The third kappa shape index (κ3) is 6.59. The fraction of sp³-hybridized carbons (Fsp3) is 0.314. The molecule has 5 rings (SSSR count). The zero-order chi connectivity index (χ0) is 35.7. The number of halogens is 6. The number of nitrogens with zero attached hydrogens (tertiary/aromatic N) is 4. The predicted octanol–water partition coefficient (Wildman–Crippen LogP) is 12.6. The summed E-state index contributed by atoms with van der Waals surface area (Å²) in [6.07, 6.45) is -4.53. The number of hydrogen-bond donors (Lipinski definition) is 0. The van der Waals surface area contributed by atoms with Crippen molar-refractivity contribution in [1.29, 1.82) is 21.0 Å². The maximum atomic E-state index is 14.0. The van der Waals surface area contributed by atoms with Crippen LogP contribution >= 0.6 is 45.3 Å². The highest BCUT2D eigenvalue weighted by molar-refractivity contribution is 7.29. The van der Waals surface area contributed by atoms with E-state index in [1.807, 2.05) is 12.1 Å². The molecule has 1 aliphatic rings. The molecule has 0 saturated heterocycles. The van der Waals surface area contributed by atoms with E-state index in [0.717, 1.165) is 91.8 Å². The highest BCUT2D eigenvalue weighted by Gasteiger charge is 2.46. The summed E-state index contributed by atoms with van der Waals surface area (Å²) < 4.78 is 83.8. The second kappa shape index (κ2) is 14.0. The number of fused-ring (bicyclic) bond motifs is 3. The fourth-order valence-electron chi connectivity index (χ4n) is 6.13. The molecule has 1 aliphatic carbocycles. The van der Waals surface area contributed by atoms with Gasteiger partial charge in [-0.1, -0.05) is 39.5 Å². The largest absolute Gasteiger partial charge is 0.419 e. The van der Waals surface area contributed by atoms with Gasteiger partial charge in [-0.25, -0.2) is 0 Å². The van der Waals surface area contributed by atoms with E-state index in [4.69, 9.17) is 0 Å². The maximum Gasteiger partial charge on any atom is 0.419 e. The Morgan fingerprint density at radius 1 is 0.592 bits per heavy atom. The number of nitriles is 4. The van der Waals surface area contributed by atoms with Crippen LogP contribution < -0.4 is 0 Å². The Bertz CT molecular complexity index is 1960. The fourth-order valence-corrected chi connectivity index (χ4v) is 11.1. The lowest BCUT2D eigenvalue weighted by Gasteiger charge is -2.31. The quantitative estimate of drug-likeness (QED) is 0.119. The Morgan fingerprint density at radius 3 is 1.27 bits per heavy atom. The van der Waals surface area contributed by atoms with Gasteiger partial charge in [0, 0.05) is 44.4 Å². The Balaban J connectivity index is 1.66. The molecule has 4 heterocycles. The first-order valence-corrected chi connectivity index (χ1v) is 18.3. The van der Waals surface area contributed by atoms with Crippen molar-refractivity contribution in [3.05, 3.63) is 68.4 Å². The summed E-state index contributed by atoms with van der Waals surface area (Å²) in [6, 6.07) is 15.2. The van der Waals surface area contributed by atoms with Gasteiger partial charge >= 0.3 is 12.4 Å². The molecule has 49 heavy (non-hydrogen) atoms. The standard InChI is InChI=1S/C35H24F6N4S4/c1-3-5-11-33(12-6-4-2)21-13-27(23-7-9-25(46-23)29(34(36,37)38)19(15-42)16-43)48-31(21)32-22(33)14-28(49-32)24-8-10-26(47-24)30(35(39,40)41)20(17-44)18-45/h7-10,13-14H,3-6,11-12H2,1-2H3. The van der Waals surface area contributed by atoms with Gasteiger partial charge in [0.05, 0.1) is 0 Å². The van der Waals surface area contributed by atoms with Crippen molar-refractivity contribution >= 4 is 56.5 Å². The summed E-state index contributed by atoms with van der Waals surface area (Å²) in [5.41, 5.74) is -2.78. The van der Waals surface area contributed by atoms with Crippen molar-refractivity contribution < 1.29 is 26.3 Å². The highest BCUT2D eigenvalue weighted by atomic mass is 32.1. The van der Waals surface area contributed by atoms with Crippen LogP contribution in [0, 0.1) is 45.3 Å². The Labute approximate surface area is 294 Å². The molecule has 0 atom stereocenters. The van der Waals surface area contributed by atoms with E-state index in [9.17, 15) is 47.4 Å². The first-order chi connectivity index (χ1) is 23.3. The predicted molar refractivity (Wildman–Crippen MR) is 182 cm³/mol. The molecule has 4 aromatic rings. The zero-order valence-electron chi connectivity index (χ0n) is 25.9. The van der Waals surface area contributed by atoms with Crippen LogP contribution in [0.1, 0.15) is 73.3 Å². The third-order valence-electron chi connectivity index (χ3n) is 8.32. The minimum atomic E-state index is -4.90. The smallest absolute Gasteiger partial charge is 0.192 e. The van der Waals surface area contributed by atoms with Gasteiger partial charge in [0.15, 0.2) is 0 Å².